The molecule has 0 aliphatic carbocycles. The zero-order valence-corrected chi connectivity index (χ0v) is 14.1. The minimum atomic E-state index is -0.0367. The zero-order chi connectivity index (χ0) is 17.8. The summed E-state index contributed by atoms with van der Waals surface area (Å²) in [5, 5.41) is 8.28. The lowest BCUT2D eigenvalue weighted by atomic mass is 10.1. The Kier molecular flexibility index (Phi) is 4.51. The Labute approximate surface area is 150 Å². The molecule has 2 aromatic heterocycles. The molecule has 0 spiro atoms. The summed E-state index contributed by atoms with van der Waals surface area (Å²) >= 11 is 0. The van der Waals surface area contributed by atoms with Gasteiger partial charge in [-0.2, -0.15) is 0 Å². The van der Waals surface area contributed by atoms with E-state index in [1.807, 2.05) is 36.5 Å². The second-order valence-corrected chi connectivity index (χ2v) is 6.04. The van der Waals surface area contributed by atoms with Crippen LogP contribution >= 0.6 is 0 Å². The number of carbonyl (C=O) groups excluding carboxylic acids is 1. The van der Waals surface area contributed by atoms with Gasteiger partial charge in [-0.3, -0.25) is 4.79 Å². The molecule has 1 aliphatic heterocycles. The molecule has 0 bridgehead atoms. The fourth-order valence-corrected chi connectivity index (χ4v) is 2.68. The number of furan rings is 1. The topological polar surface area (TPSA) is 73.4 Å². The number of amides is 1. The monoisotopic (exact) mass is 350 g/mol. The number of aromatic nitrogens is 3. The third-order valence-corrected chi connectivity index (χ3v) is 4.17. The molecule has 1 amide bonds. The lowest BCUT2D eigenvalue weighted by molar-refractivity contribution is -0.131. The van der Waals surface area contributed by atoms with Gasteiger partial charge in [-0.25, -0.2) is 4.68 Å². The molecule has 3 aromatic rings. The van der Waals surface area contributed by atoms with Gasteiger partial charge in [0.25, 0.3) is 0 Å². The number of rotatable bonds is 6. The number of carbonyl (C=O) groups is 1. The number of hydrogen-bond acceptors (Lipinski definition) is 5. The van der Waals surface area contributed by atoms with E-state index in [9.17, 15) is 4.79 Å². The summed E-state index contributed by atoms with van der Waals surface area (Å²) < 4.78 is 12.6. The summed E-state index contributed by atoms with van der Waals surface area (Å²) in [4.78, 5) is 13.9. The van der Waals surface area contributed by atoms with Gasteiger partial charge in [0.2, 0.25) is 5.91 Å². The van der Waals surface area contributed by atoms with Gasteiger partial charge >= 0.3 is 0 Å². The molecule has 7 nitrogen and oxygen atoms in total. The Morgan fingerprint density at radius 3 is 2.85 bits per heavy atom. The van der Waals surface area contributed by atoms with E-state index in [4.69, 9.17) is 9.15 Å². The quantitative estimate of drug-likeness (QED) is 0.639. The summed E-state index contributed by atoms with van der Waals surface area (Å²) in [6, 6.07) is 13.3. The van der Waals surface area contributed by atoms with Crippen LogP contribution in [-0.2, 0) is 11.4 Å². The number of benzene rings is 1. The van der Waals surface area contributed by atoms with Gasteiger partial charge in [-0.1, -0.05) is 23.4 Å². The molecule has 1 aliphatic rings. The summed E-state index contributed by atoms with van der Waals surface area (Å²) in [6.07, 6.45) is 6.64. The van der Waals surface area contributed by atoms with Gasteiger partial charge in [0.15, 0.2) is 0 Å². The SMILES string of the molecule is O=C(C=Cc1ccco1)N1CC(n2cc(COc3ccccc3)nn2)C1. The van der Waals surface area contributed by atoms with Gasteiger partial charge < -0.3 is 14.1 Å². The predicted molar refractivity (Wildman–Crippen MR) is 94.2 cm³/mol. The van der Waals surface area contributed by atoms with E-state index in [1.54, 1.807) is 34.1 Å². The van der Waals surface area contributed by atoms with Crippen molar-refractivity contribution in [2.45, 2.75) is 12.6 Å². The zero-order valence-electron chi connectivity index (χ0n) is 14.1. The van der Waals surface area contributed by atoms with Crippen molar-refractivity contribution in [3.05, 3.63) is 72.5 Å². The van der Waals surface area contributed by atoms with Crippen molar-refractivity contribution in [3.63, 3.8) is 0 Å². The summed E-state index contributed by atoms with van der Waals surface area (Å²) in [6.45, 7) is 1.60. The molecule has 4 rings (SSSR count). The van der Waals surface area contributed by atoms with Crippen LogP contribution in [0.3, 0.4) is 0 Å². The van der Waals surface area contributed by atoms with Crippen molar-refractivity contribution < 1.29 is 13.9 Å². The van der Waals surface area contributed by atoms with Gasteiger partial charge in [-0.05, 0) is 30.3 Å². The highest BCUT2D eigenvalue weighted by molar-refractivity contribution is 5.92. The van der Waals surface area contributed by atoms with Crippen molar-refractivity contribution in [1.29, 1.82) is 0 Å². The van der Waals surface area contributed by atoms with E-state index in [0.29, 0.717) is 25.5 Å². The van der Waals surface area contributed by atoms with Crippen molar-refractivity contribution in [1.82, 2.24) is 19.9 Å². The number of ether oxygens (including phenoxy) is 1. The largest absolute Gasteiger partial charge is 0.487 e. The summed E-state index contributed by atoms with van der Waals surface area (Å²) in [7, 11) is 0. The lowest BCUT2D eigenvalue weighted by Crippen LogP contribution is -2.50. The van der Waals surface area contributed by atoms with Gasteiger partial charge in [0.1, 0.15) is 23.8 Å². The van der Waals surface area contributed by atoms with Crippen LogP contribution in [0.4, 0.5) is 0 Å². The summed E-state index contributed by atoms with van der Waals surface area (Å²) in [5.74, 6) is 1.42. The predicted octanol–water partition coefficient (Wildman–Crippen LogP) is 2.55. The van der Waals surface area contributed by atoms with Gasteiger partial charge in [0, 0.05) is 19.2 Å². The van der Waals surface area contributed by atoms with Gasteiger partial charge in [0.05, 0.1) is 18.5 Å². The van der Waals surface area contributed by atoms with Crippen LogP contribution in [0.15, 0.2) is 65.4 Å². The molecule has 1 fully saturated rings. The molecule has 26 heavy (non-hydrogen) atoms. The molecule has 3 heterocycles. The van der Waals surface area contributed by atoms with E-state index in [1.165, 1.54) is 6.08 Å². The second kappa shape index (κ2) is 7.26. The van der Waals surface area contributed by atoms with E-state index in [-0.39, 0.29) is 11.9 Å². The molecule has 132 valence electrons. The van der Waals surface area contributed by atoms with E-state index in [2.05, 4.69) is 10.3 Å². The fraction of sp³-hybridized carbons (Fsp3) is 0.211. The minimum Gasteiger partial charge on any atom is -0.487 e. The number of hydrogen-bond donors (Lipinski definition) is 0. The average molecular weight is 350 g/mol. The van der Waals surface area contributed by atoms with Crippen LogP contribution in [0.5, 0.6) is 5.75 Å². The normalized spacial score (nSPS) is 14.5. The Bertz CT molecular complexity index is 881. The maximum atomic E-state index is 12.1. The van der Waals surface area contributed by atoms with Crippen LogP contribution in [0.25, 0.3) is 6.08 Å². The molecule has 1 saturated heterocycles. The molecule has 0 N–H and O–H groups in total. The third-order valence-electron chi connectivity index (χ3n) is 4.17. The Balaban J connectivity index is 1.26. The van der Waals surface area contributed by atoms with Crippen LogP contribution in [-0.4, -0.2) is 38.9 Å². The van der Waals surface area contributed by atoms with Crippen LogP contribution in [0.2, 0.25) is 0 Å². The highest BCUT2D eigenvalue weighted by atomic mass is 16.5. The average Bonchev–Trinajstić information content (AvgIpc) is 3.30. The number of para-hydroxylation sites is 1. The third kappa shape index (κ3) is 3.66. The van der Waals surface area contributed by atoms with E-state index < -0.39 is 0 Å². The van der Waals surface area contributed by atoms with Gasteiger partial charge in [-0.15, -0.1) is 5.10 Å². The highest BCUT2D eigenvalue weighted by Crippen LogP contribution is 2.21. The molecular weight excluding hydrogens is 332 g/mol. The standard InChI is InChI=1S/C19H18N4O3/c24-19(9-8-18-7-4-10-25-18)22-12-16(13-22)23-11-15(20-21-23)14-26-17-5-2-1-3-6-17/h1-11,16H,12-14H2. The lowest BCUT2D eigenvalue weighted by Gasteiger charge is -2.38. The minimum absolute atomic E-state index is 0.0367. The van der Waals surface area contributed by atoms with E-state index >= 15 is 0 Å². The molecule has 0 unspecified atom stereocenters. The van der Waals surface area contributed by atoms with Crippen molar-refractivity contribution in [2.75, 3.05) is 13.1 Å². The smallest absolute Gasteiger partial charge is 0.246 e. The molecule has 0 saturated carbocycles. The van der Waals surface area contributed by atoms with Crippen LogP contribution in [0.1, 0.15) is 17.5 Å². The molecular formula is C19H18N4O3. The molecule has 7 heteroatoms. The fourth-order valence-electron chi connectivity index (χ4n) is 2.68. The molecule has 0 radical (unpaired) electrons. The first-order chi connectivity index (χ1) is 12.8. The van der Waals surface area contributed by atoms with E-state index in [0.717, 1.165) is 11.4 Å². The first kappa shape index (κ1) is 16.1. The maximum Gasteiger partial charge on any atom is 0.246 e. The Morgan fingerprint density at radius 1 is 1.23 bits per heavy atom. The molecule has 1 aromatic carbocycles. The van der Waals surface area contributed by atoms with Crippen molar-refractivity contribution in [2.24, 2.45) is 0 Å². The summed E-state index contributed by atoms with van der Waals surface area (Å²) in [5.41, 5.74) is 0.761. The Hall–Kier alpha value is -3.35. The first-order valence-corrected chi connectivity index (χ1v) is 8.37. The highest BCUT2D eigenvalue weighted by Gasteiger charge is 2.31. The van der Waals surface area contributed by atoms with Crippen molar-refractivity contribution in [3.8, 4) is 5.75 Å². The second-order valence-electron chi connectivity index (χ2n) is 6.04. The first-order valence-electron chi connectivity index (χ1n) is 8.37. The van der Waals surface area contributed by atoms with Crippen molar-refractivity contribution >= 4 is 12.0 Å². The molecule has 0 atom stereocenters. The number of nitrogens with zero attached hydrogens (tertiary/aromatic N) is 4. The number of likely N-dealkylation sites (tertiary alicyclic amines) is 1. The van der Waals surface area contributed by atoms with Crippen LogP contribution in [0, 0.1) is 0 Å². The Morgan fingerprint density at radius 2 is 2.08 bits per heavy atom. The van der Waals surface area contributed by atoms with Crippen LogP contribution < -0.4 is 4.74 Å². The maximum absolute atomic E-state index is 12.1.